The number of benzene rings is 1. The summed E-state index contributed by atoms with van der Waals surface area (Å²) in [6.07, 6.45) is -1.30. The topological polar surface area (TPSA) is 72.9 Å². The summed E-state index contributed by atoms with van der Waals surface area (Å²) in [5.41, 5.74) is -0.991. The highest BCUT2D eigenvalue weighted by atomic mass is 19.1. The number of esters is 1. The first-order chi connectivity index (χ1) is 13.0. The highest BCUT2D eigenvalue weighted by Crippen LogP contribution is 2.36. The number of carbonyl (C=O) groups excluding carboxylic acids is 3. The van der Waals surface area contributed by atoms with E-state index in [1.807, 2.05) is 0 Å². The molecule has 0 unspecified atom stereocenters. The number of amides is 1. The van der Waals surface area contributed by atoms with Crippen LogP contribution in [-0.2, 0) is 19.1 Å². The lowest BCUT2D eigenvalue weighted by Gasteiger charge is -2.27. The summed E-state index contributed by atoms with van der Waals surface area (Å²) in [6.45, 7) is 6.66. The van der Waals surface area contributed by atoms with E-state index in [1.165, 1.54) is 6.07 Å². The summed E-state index contributed by atoms with van der Waals surface area (Å²) in [4.78, 5) is 38.0. The molecular formula is C20H25F2NO5. The van der Waals surface area contributed by atoms with E-state index in [0.29, 0.717) is 0 Å². The van der Waals surface area contributed by atoms with Gasteiger partial charge in [-0.25, -0.2) is 13.6 Å². The third-order valence-electron chi connectivity index (χ3n) is 4.33. The van der Waals surface area contributed by atoms with Crippen molar-refractivity contribution in [2.45, 2.75) is 58.1 Å². The van der Waals surface area contributed by atoms with Crippen molar-refractivity contribution in [2.24, 2.45) is 0 Å². The molecule has 8 heteroatoms. The first kappa shape index (κ1) is 21.8. The van der Waals surface area contributed by atoms with Gasteiger partial charge in [0, 0.05) is 18.0 Å². The van der Waals surface area contributed by atoms with Crippen molar-refractivity contribution in [3.63, 3.8) is 0 Å². The van der Waals surface area contributed by atoms with Crippen LogP contribution in [0.4, 0.5) is 13.6 Å². The standard InChI is InChI=1S/C20H25F2NO5/c1-5-27-17(25)10-16(24)15-9-12(18-13(21)7-6-8-14(18)22)11-23(15)19(26)28-20(2,3)4/h6-8,12,15H,5,9-11H2,1-4H3/t12-,15+/m0/s1. The minimum absolute atomic E-state index is 0.00463. The fraction of sp³-hybridized carbons (Fsp3) is 0.550. The maximum Gasteiger partial charge on any atom is 0.410 e. The zero-order chi connectivity index (χ0) is 21.1. The average molecular weight is 397 g/mol. The fourth-order valence-corrected chi connectivity index (χ4v) is 3.25. The Labute approximate surface area is 162 Å². The Balaban J connectivity index is 2.29. The van der Waals surface area contributed by atoms with Crippen LogP contribution in [0.25, 0.3) is 0 Å². The van der Waals surface area contributed by atoms with E-state index in [9.17, 15) is 23.2 Å². The summed E-state index contributed by atoms with van der Waals surface area (Å²) < 4.78 is 38.5. The Morgan fingerprint density at radius 3 is 2.32 bits per heavy atom. The van der Waals surface area contributed by atoms with Crippen LogP contribution in [0.2, 0.25) is 0 Å². The number of ether oxygens (including phenoxy) is 2. The van der Waals surface area contributed by atoms with Crippen LogP contribution >= 0.6 is 0 Å². The summed E-state index contributed by atoms with van der Waals surface area (Å²) in [6, 6.07) is 2.48. The number of halogens is 2. The molecule has 1 saturated heterocycles. The molecule has 1 aromatic carbocycles. The van der Waals surface area contributed by atoms with Gasteiger partial charge in [-0.3, -0.25) is 14.5 Å². The molecule has 0 aliphatic carbocycles. The summed E-state index contributed by atoms with van der Waals surface area (Å²) >= 11 is 0. The van der Waals surface area contributed by atoms with E-state index in [2.05, 4.69) is 0 Å². The second-order valence-electron chi connectivity index (χ2n) is 7.66. The number of nitrogens with zero attached hydrogens (tertiary/aromatic N) is 1. The minimum atomic E-state index is -1.02. The van der Waals surface area contributed by atoms with Crippen molar-refractivity contribution in [3.8, 4) is 0 Å². The lowest BCUT2D eigenvalue weighted by molar-refractivity contribution is -0.146. The third-order valence-corrected chi connectivity index (χ3v) is 4.33. The molecule has 0 N–H and O–H groups in total. The van der Waals surface area contributed by atoms with Crippen LogP contribution in [-0.4, -0.2) is 47.5 Å². The molecule has 1 aliphatic heterocycles. The van der Waals surface area contributed by atoms with Gasteiger partial charge in [-0.1, -0.05) is 6.07 Å². The van der Waals surface area contributed by atoms with E-state index in [4.69, 9.17) is 9.47 Å². The molecule has 0 radical (unpaired) electrons. The highest BCUT2D eigenvalue weighted by Gasteiger charge is 2.43. The van der Waals surface area contributed by atoms with Gasteiger partial charge in [-0.05, 0) is 46.2 Å². The van der Waals surface area contributed by atoms with Crippen LogP contribution in [0.5, 0.6) is 0 Å². The highest BCUT2D eigenvalue weighted by molar-refractivity contribution is 6.00. The number of carbonyl (C=O) groups is 3. The number of likely N-dealkylation sites (tertiary alicyclic amines) is 1. The molecule has 0 aromatic heterocycles. The van der Waals surface area contributed by atoms with E-state index in [-0.39, 0.29) is 25.1 Å². The van der Waals surface area contributed by atoms with E-state index in [1.54, 1.807) is 27.7 Å². The first-order valence-electron chi connectivity index (χ1n) is 9.15. The first-order valence-corrected chi connectivity index (χ1v) is 9.15. The Morgan fingerprint density at radius 1 is 1.18 bits per heavy atom. The fourth-order valence-electron chi connectivity index (χ4n) is 3.25. The number of rotatable bonds is 5. The quantitative estimate of drug-likeness (QED) is 0.561. The predicted octanol–water partition coefficient (Wildman–Crippen LogP) is 3.58. The molecule has 0 saturated carbocycles. The Morgan fingerprint density at radius 2 is 1.79 bits per heavy atom. The second kappa shape index (κ2) is 8.67. The maximum absolute atomic E-state index is 14.2. The molecule has 1 aliphatic rings. The zero-order valence-corrected chi connectivity index (χ0v) is 16.5. The van der Waals surface area contributed by atoms with E-state index in [0.717, 1.165) is 17.0 Å². The number of Topliss-reactive ketones (excluding diaryl/α,β-unsaturated/α-hetero) is 1. The summed E-state index contributed by atoms with van der Waals surface area (Å²) in [5.74, 6) is -3.48. The molecule has 0 bridgehead atoms. The van der Waals surface area contributed by atoms with Gasteiger partial charge < -0.3 is 9.47 Å². The van der Waals surface area contributed by atoms with Gasteiger partial charge in [0.15, 0.2) is 5.78 Å². The summed E-state index contributed by atoms with van der Waals surface area (Å²) in [7, 11) is 0. The molecular weight excluding hydrogens is 372 g/mol. The Hall–Kier alpha value is -2.51. The molecule has 1 amide bonds. The molecule has 1 aromatic rings. The van der Waals surface area contributed by atoms with Crippen LogP contribution in [0.1, 0.15) is 52.0 Å². The average Bonchev–Trinajstić information content (AvgIpc) is 2.98. The molecule has 0 spiro atoms. The Kier molecular flexibility index (Phi) is 6.74. The summed E-state index contributed by atoms with van der Waals surface area (Å²) in [5, 5.41) is 0. The lowest BCUT2D eigenvalue weighted by atomic mass is 9.93. The van der Waals surface area contributed by atoms with Crippen LogP contribution in [0, 0.1) is 11.6 Å². The number of hydrogen-bond acceptors (Lipinski definition) is 5. The van der Waals surface area contributed by atoms with Gasteiger partial charge in [0.2, 0.25) is 0 Å². The van der Waals surface area contributed by atoms with Crippen LogP contribution < -0.4 is 0 Å². The van der Waals surface area contributed by atoms with Crippen LogP contribution in [0.15, 0.2) is 18.2 Å². The second-order valence-corrected chi connectivity index (χ2v) is 7.66. The van der Waals surface area contributed by atoms with Gasteiger partial charge >= 0.3 is 12.1 Å². The van der Waals surface area contributed by atoms with Gasteiger partial charge in [0.1, 0.15) is 23.7 Å². The van der Waals surface area contributed by atoms with Crippen molar-refractivity contribution >= 4 is 17.8 Å². The van der Waals surface area contributed by atoms with Crippen LogP contribution in [0.3, 0.4) is 0 Å². The molecule has 28 heavy (non-hydrogen) atoms. The van der Waals surface area contributed by atoms with Gasteiger partial charge in [-0.2, -0.15) is 0 Å². The molecule has 154 valence electrons. The number of ketones is 1. The molecule has 1 fully saturated rings. The van der Waals surface area contributed by atoms with Gasteiger partial charge in [-0.15, -0.1) is 0 Å². The molecule has 2 rings (SSSR count). The normalized spacial score (nSPS) is 19.4. The van der Waals surface area contributed by atoms with E-state index >= 15 is 0 Å². The maximum atomic E-state index is 14.2. The monoisotopic (exact) mass is 397 g/mol. The van der Waals surface area contributed by atoms with Crippen molar-refractivity contribution in [1.82, 2.24) is 4.90 Å². The van der Waals surface area contributed by atoms with Crippen molar-refractivity contribution in [2.75, 3.05) is 13.2 Å². The van der Waals surface area contributed by atoms with Gasteiger partial charge in [0.25, 0.3) is 0 Å². The van der Waals surface area contributed by atoms with E-state index < -0.39 is 53.5 Å². The SMILES string of the molecule is CCOC(=O)CC(=O)[C@H]1C[C@H](c2c(F)cccc2F)CN1C(=O)OC(C)(C)C. The van der Waals surface area contributed by atoms with Crippen molar-refractivity contribution in [1.29, 1.82) is 0 Å². The van der Waals surface area contributed by atoms with Crippen molar-refractivity contribution < 1.29 is 32.6 Å². The molecule has 1 heterocycles. The third kappa shape index (κ3) is 5.27. The lowest BCUT2D eigenvalue weighted by Crippen LogP contribution is -2.44. The van der Waals surface area contributed by atoms with Crippen molar-refractivity contribution in [3.05, 3.63) is 35.4 Å². The molecule has 2 atom stereocenters. The molecule has 6 nitrogen and oxygen atoms in total. The van der Waals surface area contributed by atoms with Gasteiger partial charge in [0.05, 0.1) is 12.6 Å². The number of hydrogen-bond donors (Lipinski definition) is 0. The minimum Gasteiger partial charge on any atom is -0.466 e. The largest absolute Gasteiger partial charge is 0.466 e. The smallest absolute Gasteiger partial charge is 0.410 e. The Bertz CT molecular complexity index is 739. The zero-order valence-electron chi connectivity index (χ0n) is 16.5. The predicted molar refractivity (Wildman–Crippen MR) is 96.7 cm³/mol.